The van der Waals surface area contributed by atoms with Gasteiger partial charge in [-0.25, -0.2) is 4.98 Å². The van der Waals surface area contributed by atoms with Crippen LogP contribution in [0.25, 0.3) is 0 Å². The summed E-state index contributed by atoms with van der Waals surface area (Å²) < 4.78 is 17.1. The third-order valence-corrected chi connectivity index (χ3v) is 5.59. The fourth-order valence-corrected chi connectivity index (χ4v) is 3.84. The van der Waals surface area contributed by atoms with Crippen molar-refractivity contribution < 1.29 is 28.9 Å². The fourth-order valence-electron chi connectivity index (χ4n) is 3.84. The molecule has 186 valence electrons. The van der Waals surface area contributed by atoms with Crippen LogP contribution in [0.15, 0.2) is 41.6 Å². The Kier molecular flexibility index (Phi) is 8.13. The Labute approximate surface area is 201 Å². The molecule has 2 aromatic heterocycles. The zero-order valence-electron chi connectivity index (χ0n) is 19.7. The van der Waals surface area contributed by atoms with E-state index in [0.29, 0.717) is 30.0 Å². The Morgan fingerprint density at radius 2 is 2.00 bits per heavy atom. The summed E-state index contributed by atoms with van der Waals surface area (Å²) in [4.78, 5) is 44.1. The van der Waals surface area contributed by atoms with Gasteiger partial charge in [-0.05, 0) is 30.7 Å². The van der Waals surface area contributed by atoms with Gasteiger partial charge in [0.2, 0.25) is 0 Å². The molecule has 1 unspecified atom stereocenters. The van der Waals surface area contributed by atoms with Gasteiger partial charge in [-0.1, -0.05) is 6.07 Å². The molecule has 11 heteroatoms. The molecular formula is C24H28N4O7. The van der Waals surface area contributed by atoms with Gasteiger partial charge in [-0.15, -0.1) is 0 Å². The highest BCUT2D eigenvalue weighted by molar-refractivity contribution is 5.75. The van der Waals surface area contributed by atoms with Crippen LogP contribution in [0.2, 0.25) is 0 Å². The molecule has 35 heavy (non-hydrogen) atoms. The molecule has 1 amide bonds. The number of aromatic amines is 1. The van der Waals surface area contributed by atoms with Crippen LogP contribution in [0, 0.1) is 6.92 Å². The molecule has 0 aliphatic rings. The van der Waals surface area contributed by atoms with Crippen molar-refractivity contribution in [2.45, 2.75) is 32.2 Å². The van der Waals surface area contributed by atoms with Crippen molar-refractivity contribution in [2.75, 3.05) is 20.8 Å². The standard InChI is InChI=1S/C24H28N4O7/c1-14-8-18(29)23(24(32)28(14)7-6-16-11-26-13-27-16)17(10-22(31)34-3)15-4-5-19(33-2)20(9-15)35-12-21(25)30/h4-5,8-9,11,13,17,29H,6-7,10,12H2,1-3H3,(H2,25,30)(H,26,27). The zero-order chi connectivity index (χ0) is 25.5. The van der Waals surface area contributed by atoms with Gasteiger partial charge in [0.05, 0.1) is 32.5 Å². The number of ether oxygens (including phenoxy) is 3. The van der Waals surface area contributed by atoms with Crippen LogP contribution in [0.4, 0.5) is 0 Å². The Bertz CT molecular complexity index is 1250. The molecule has 0 bridgehead atoms. The number of primary amides is 1. The first-order valence-corrected chi connectivity index (χ1v) is 10.8. The number of benzene rings is 1. The summed E-state index contributed by atoms with van der Waals surface area (Å²) >= 11 is 0. The number of carbonyl (C=O) groups is 2. The van der Waals surface area contributed by atoms with Crippen molar-refractivity contribution >= 4 is 11.9 Å². The molecule has 11 nitrogen and oxygen atoms in total. The quantitative estimate of drug-likeness (QED) is 0.344. The number of hydrogen-bond donors (Lipinski definition) is 3. The molecule has 3 aromatic rings. The Morgan fingerprint density at radius 1 is 1.23 bits per heavy atom. The average molecular weight is 485 g/mol. The van der Waals surface area contributed by atoms with E-state index in [9.17, 15) is 19.5 Å². The van der Waals surface area contributed by atoms with E-state index in [4.69, 9.17) is 19.9 Å². The molecule has 0 saturated carbocycles. The number of esters is 1. The number of nitrogens with one attached hydrogen (secondary N) is 1. The molecule has 0 aliphatic heterocycles. The number of methoxy groups -OCH3 is 2. The van der Waals surface area contributed by atoms with E-state index in [0.717, 1.165) is 5.69 Å². The number of hydrogen-bond acceptors (Lipinski definition) is 8. The van der Waals surface area contributed by atoms with E-state index in [1.54, 1.807) is 37.6 Å². The lowest BCUT2D eigenvalue weighted by atomic mass is 9.88. The molecule has 1 aromatic carbocycles. The number of carbonyl (C=O) groups excluding carboxylic acids is 2. The number of rotatable bonds is 11. The van der Waals surface area contributed by atoms with Gasteiger partial charge >= 0.3 is 5.97 Å². The van der Waals surface area contributed by atoms with Crippen molar-refractivity contribution in [3.8, 4) is 17.2 Å². The third-order valence-electron chi connectivity index (χ3n) is 5.59. The van der Waals surface area contributed by atoms with E-state index in [1.165, 1.54) is 24.9 Å². The van der Waals surface area contributed by atoms with Gasteiger partial charge in [-0.3, -0.25) is 14.4 Å². The van der Waals surface area contributed by atoms with Gasteiger partial charge in [0.1, 0.15) is 5.75 Å². The molecule has 0 aliphatic carbocycles. The fraction of sp³-hybridized carbons (Fsp3) is 0.333. The lowest BCUT2D eigenvalue weighted by Crippen LogP contribution is -2.29. The number of imidazole rings is 1. The van der Waals surface area contributed by atoms with Gasteiger partial charge in [0.15, 0.2) is 18.1 Å². The molecule has 1 atom stereocenters. The van der Waals surface area contributed by atoms with E-state index >= 15 is 0 Å². The van der Waals surface area contributed by atoms with Crippen LogP contribution in [-0.2, 0) is 27.3 Å². The number of aromatic nitrogens is 3. The summed E-state index contributed by atoms with van der Waals surface area (Å²) in [6.07, 6.45) is 3.53. The topological polar surface area (TPSA) is 159 Å². The molecule has 0 fully saturated rings. The second-order valence-corrected chi connectivity index (χ2v) is 7.87. The second kappa shape index (κ2) is 11.2. The number of H-pyrrole nitrogens is 1. The number of aromatic hydroxyl groups is 1. The Balaban J connectivity index is 2.10. The van der Waals surface area contributed by atoms with Crippen LogP contribution in [0.5, 0.6) is 17.2 Å². The average Bonchev–Trinajstić information content (AvgIpc) is 3.35. The maximum Gasteiger partial charge on any atom is 0.306 e. The van der Waals surface area contributed by atoms with E-state index < -0.39 is 30.0 Å². The van der Waals surface area contributed by atoms with Crippen LogP contribution < -0.4 is 20.8 Å². The van der Waals surface area contributed by atoms with Crippen molar-refractivity contribution in [1.29, 1.82) is 0 Å². The van der Waals surface area contributed by atoms with Crippen molar-refractivity contribution in [2.24, 2.45) is 5.73 Å². The highest BCUT2D eigenvalue weighted by atomic mass is 16.5. The van der Waals surface area contributed by atoms with Crippen LogP contribution in [-0.4, -0.2) is 52.3 Å². The van der Waals surface area contributed by atoms with Crippen molar-refractivity contribution in [1.82, 2.24) is 14.5 Å². The van der Waals surface area contributed by atoms with Crippen LogP contribution in [0.1, 0.15) is 34.9 Å². The summed E-state index contributed by atoms with van der Waals surface area (Å²) in [7, 11) is 2.68. The maximum absolute atomic E-state index is 13.6. The number of amides is 1. The molecular weight excluding hydrogens is 456 g/mol. The zero-order valence-corrected chi connectivity index (χ0v) is 19.7. The minimum Gasteiger partial charge on any atom is -0.507 e. The highest BCUT2D eigenvalue weighted by Gasteiger charge is 2.27. The molecule has 0 radical (unpaired) electrons. The minimum absolute atomic E-state index is 0.0385. The summed E-state index contributed by atoms with van der Waals surface area (Å²) in [5.74, 6) is -1.83. The van der Waals surface area contributed by atoms with Crippen molar-refractivity contribution in [3.05, 3.63) is 69.7 Å². The highest BCUT2D eigenvalue weighted by Crippen LogP contribution is 2.37. The Morgan fingerprint density at radius 3 is 2.63 bits per heavy atom. The van der Waals surface area contributed by atoms with Gasteiger partial charge in [0, 0.05) is 36.5 Å². The van der Waals surface area contributed by atoms with E-state index in [1.807, 2.05) is 0 Å². The van der Waals surface area contributed by atoms with Crippen molar-refractivity contribution in [3.63, 3.8) is 0 Å². The summed E-state index contributed by atoms with van der Waals surface area (Å²) in [5, 5.41) is 10.8. The molecule has 0 spiro atoms. The first kappa shape index (κ1) is 25.3. The number of nitrogens with zero attached hydrogens (tertiary/aromatic N) is 2. The predicted molar refractivity (Wildman–Crippen MR) is 126 cm³/mol. The maximum atomic E-state index is 13.6. The molecule has 0 saturated heterocycles. The van der Waals surface area contributed by atoms with Gasteiger partial charge in [-0.2, -0.15) is 0 Å². The largest absolute Gasteiger partial charge is 0.507 e. The second-order valence-electron chi connectivity index (χ2n) is 7.87. The molecule has 2 heterocycles. The smallest absolute Gasteiger partial charge is 0.306 e. The Hall–Kier alpha value is -4.28. The van der Waals surface area contributed by atoms with Gasteiger partial charge < -0.3 is 34.6 Å². The summed E-state index contributed by atoms with van der Waals surface area (Å²) in [5.41, 5.74) is 6.68. The first-order valence-electron chi connectivity index (χ1n) is 10.8. The van der Waals surface area contributed by atoms with E-state index in [-0.39, 0.29) is 23.5 Å². The predicted octanol–water partition coefficient (Wildman–Crippen LogP) is 1.40. The number of nitrogens with two attached hydrogens (primary N) is 1. The summed E-state index contributed by atoms with van der Waals surface area (Å²) in [6.45, 7) is 1.66. The first-order chi connectivity index (χ1) is 16.7. The number of aryl methyl sites for hydroxylation is 2. The van der Waals surface area contributed by atoms with E-state index in [2.05, 4.69) is 9.97 Å². The molecule has 3 rings (SSSR count). The number of pyridine rings is 1. The normalized spacial score (nSPS) is 11.6. The van der Waals surface area contributed by atoms with Gasteiger partial charge in [0.25, 0.3) is 11.5 Å². The third kappa shape index (κ3) is 5.99. The lowest BCUT2D eigenvalue weighted by molar-refractivity contribution is -0.140. The molecule has 4 N–H and O–H groups in total. The SMILES string of the molecule is COC(=O)CC(c1ccc(OC)c(OCC(N)=O)c1)c1c(O)cc(C)n(CCc2cnc[nH]2)c1=O. The minimum atomic E-state index is -0.865. The monoisotopic (exact) mass is 484 g/mol. The van der Waals surface area contributed by atoms with Crippen LogP contribution >= 0.6 is 0 Å². The summed E-state index contributed by atoms with van der Waals surface area (Å²) in [6, 6.07) is 6.26. The lowest BCUT2D eigenvalue weighted by Gasteiger charge is -2.21. The van der Waals surface area contributed by atoms with Crippen LogP contribution in [0.3, 0.4) is 0 Å².